The van der Waals surface area contributed by atoms with E-state index in [-0.39, 0.29) is 17.1 Å². The van der Waals surface area contributed by atoms with E-state index in [1.165, 1.54) is 4.90 Å². The van der Waals surface area contributed by atoms with Crippen molar-refractivity contribution in [1.82, 2.24) is 0 Å². The minimum Gasteiger partial charge on any atom is -0.274 e. The molecule has 1 heterocycles. The van der Waals surface area contributed by atoms with E-state index in [1.54, 1.807) is 11.8 Å². The first kappa shape index (κ1) is 25.0. The SMILES string of the molecule is CC.CC.CC.CCCSC1CC(=O)N(c2ccc(C)cc2)C1=O. The zero-order valence-electron chi connectivity index (χ0n) is 16.7. The van der Waals surface area contributed by atoms with Crippen molar-refractivity contribution in [2.45, 2.75) is 73.5 Å². The van der Waals surface area contributed by atoms with Crippen LogP contribution in [0.2, 0.25) is 0 Å². The molecule has 2 rings (SSSR count). The minimum absolute atomic E-state index is 0.0673. The number of benzene rings is 1. The predicted octanol–water partition coefficient (Wildman–Crippen LogP) is 5.85. The second-order valence-electron chi connectivity index (χ2n) is 4.47. The normalized spacial score (nSPS) is 15.5. The van der Waals surface area contributed by atoms with Gasteiger partial charge in [-0.3, -0.25) is 9.59 Å². The molecular weight excluding hydrogens is 318 g/mol. The number of thioether (sulfide) groups is 1. The van der Waals surface area contributed by atoms with Gasteiger partial charge >= 0.3 is 0 Å². The highest BCUT2D eigenvalue weighted by Gasteiger charge is 2.39. The van der Waals surface area contributed by atoms with E-state index in [0.29, 0.717) is 12.1 Å². The maximum atomic E-state index is 12.2. The molecule has 138 valence electrons. The van der Waals surface area contributed by atoms with Crippen molar-refractivity contribution in [3.63, 3.8) is 0 Å². The van der Waals surface area contributed by atoms with Crippen LogP contribution in [0.5, 0.6) is 0 Å². The predicted molar refractivity (Wildman–Crippen MR) is 109 cm³/mol. The van der Waals surface area contributed by atoms with E-state index >= 15 is 0 Å². The van der Waals surface area contributed by atoms with Crippen LogP contribution in [-0.2, 0) is 9.59 Å². The van der Waals surface area contributed by atoms with Crippen molar-refractivity contribution >= 4 is 29.3 Å². The van der Waals surface area contributed by atoms with Gasteiger partial charge < -0.3 is 0 Å². The quantitative estimate of drug-likeness (QED) is 0.637. The molecular formula is C20H35NO2S. The van der Waals surface area contributed by atoms with Crippen LogP contribution in [0.3, 0.4) is 0 Å². The fraction of sp³-hybridized carbons (Fsp3) is 0.600. The molecule has 0 saturated carbocycles. The second-order valence-corrected chi connectivity index (χ2v) is 5.78. The van der Waals surface area contributed by atoms with Gasteiger partial charge in [-0.1, -0.05) is 66.2 Å². The Labute approximate surface area is 153 Å². The fourth-order valence-electron chi connectivity index (χ4n) is 1.96. The molecule has 1 saturated heterocycles. The summed E-state index contributed by atoms with van der Waals surface area (Å²) in [6.45, 7) is 16.1. The Bertz CT molecular complexity index is 457. The molecule has 4 heteroatoms. The number of nitrogens with zero attached hydrogens (tertiary/aromatic N) is 1. The molecule has 1 atom stereocenters. The fourth-order valence-corrected chi connectivity index (χ4v) is 2.99. The Morgan fingerprint density at radius 3 is 1.96 bits per heavy atom. The lowest BCUT2D eigenvalue weighted by atomic mass is 10.2. The number of anilines is 1. The highest BCUT2D eigenvalue weighted by molar-refractivity contribution is 8.00. The summed E-state index contributed by atoms with van der Waals surface area (Å²) in [5.41, 5.74) is 1.81. The first-order chi connectivity index (χ1) is 11.6. The molecule has 1 aromatic carbocycles. The Morgan fingerprint density at radius 1 is 1.00 bits per heavy atom. The topological polar surface area (TPSA) is 37.4 Å². The van der Waals surface area contributed by atoms with Gasteiger partial charge in [-0.2, -0.15) is 0 Å². The summed E-state index contributed by atoms with van der Waals surface area (Å²) in [5.74, 6) is 0.769. The molecule has 0 aromatic heterocycles. The number of carbonyl (C=O) groups excluding carboxylic acids is 2. The molecule has 1 aromatic rings. The Balaban J connectivity index is 0. The summed E-state index contributed by atoms with van der Waals surface area (Å²) < 4.78 is 0. The van der Waals surface area contributed by atoms with Gasteiger partial charge in [0.15, 0.2) is 0 Å². The Hall–Kier alpha value is -1.29. The lowest BCUT2D eigenvalue weighted by Gasteiger charge is -2.15. The van der Waals surface area contributed by atoms with Gasteiger partial charge in [0.25, 0.3) is 0 Å². The van der Waals surface area contributed by atoms with Crippen molar-refractivity contribution in [3.8, 4) is 0 Å². The summed E-state index contributed by atoms with van der Waals surface area (Å²) >= 11 is 1.59. The zero-order chi connectivity index (χ0) is 19.1. The third-order valence-electron chi connectivity index (χ3n) is 2.92. The molecule has 1 unspecified atom stereocenters. The van der Waals surface area contributed by atoms with Crippen LogP contribution < -0.4 is 4.90 Å². The first-order valence-corrected chi connectivity index (χ1v) is 10.2. The van der Waals surface area contributed by atoms with Gasteiger partial charge in [-0.25, -0.2) is 4.90 Å². The third-order valence-corrected chi connectivity index (χ3v) is 4.34. The van der Waals surface area contributed by atoms with E-state index in [2.05, 4.69) is 6.92 Å². The minimum atomic E-state index is -0.196. The van der Waals surface area contributed by atoms with Crippen LogP contribution in [0, 0.1) is 6.92 Å². The van der Waals surface area contributed by atoms with Gasteiger partial charge in [-0.05, 0) is 31.2 Å². The molecule has 1 aliphatic rings. The monoisotopic (exact) mass is 353 g/mol. The number of hydrogen-bond donors (Lipinski definition) is 0. The number of hydrogen-bond acceptors (Lipinski definition) is 3. The first-order valence-electron chi connectivity index (χ1n) is 9.18. The molecule has 0 spiro atoms. The maximum Gasteiger partial charge on any atom is 0.247 e. The van der Waals surface area contributed by atoms with Crippen LogP contribution >= 0.6 is 11.8 Å². The van der Waals surface area contributed by atoms with Crippen LogP contribution in [0.1, 0.15) is 66.9 Å². The molecule has 1 fully saturated rings. The van der Waals surface area contributed by atoms with Crippen LogP contribution in [0.4, 0.5) is 5.69 Å². The maximum absolute atomic E-state index is 12.2. The van der Waals surface area contributed by atoms with Gasteiger partial charge in [0.2, 0.25) is 11.8 Å². The lowest BCUT2D eigenvalue weighted by molar-refractivity contribution is -0.121. The van der Waals surface area contributed by atoms with Crippen molar-refractivity contribution < 1.29 is 9.59 Å². The summed E-state index contributed by atoms with van der Waals surface area (Å²) in [6.07, 6.45) is 1.35. The second kappa shape index (κ2) is 15.3. The van der Waals surface area contributed by atoms with Crippen molar-refractivity contribution in [3.05, 3.63) is 29.8 Å². The number of carbonyl (C=O) groups is 2. The highest BCUT2D eigenvalue weighted by Crippen LogP contribution is 2.29. The van der Waals surface area contributed by atoms with Crippen molar-refractivity contribution in [2.75, 3.05) is 10.7 Å². The van der Waals surface area contributed by atoms with E-state index in [0.717, 1.165) is 17.7 Å². The molecule has 0 N–H and O–H groups in total. The summed E-state index contributed by atoms with van der Waals surface area (Å²) in [4.78, 5) is 25.5. The summed E-state index contributed by atoms with van der Waals surface area (Å²) in [7, 11) is 0. The van der Waals surface area contributed by atoms with Gasteiger partial charge in [0.05, 0.1) is 10.9 Å². The summed E-state index contributed by atoms with van der Waals surface area (Å²) in [5, 5.41) is -0.196. The molecule has 0 bridgehead atoms. The molecule has 0 radical (unpaired) electrons. The third kappa shape index (κ3) is 7.52. The van der Waals surface area contributed by atoms with Gasteiger partial charge in [0.1, 0.15) is 0 Å². The standard InChI is InChI=1S/C14H17NO2S.3C2H6/c1-3-8-18-12-9-13(16)15(14(12)17)11-6-4-10(2)5-7-11;3*1-2/h4-7,12H,3,8-9H2,1-2H3;3*1-2H3. The van der Waals surface area contributed by atoms with E-state index < -0.39 is 0 Å². The molecule has 0 aliphatic carbocycles. The summed E-state index contributed by atoms with van der Waals surface area (Å²) in [6, 6.07) is 7.50. The van der Waals surface area contributed by atoms with Crippen LogP contribution in [-0.4, -0.2) is 22.8 Å². The zero-order valence-corrected chi connectivity index (χ0v) is 17.5. The van der Waals surface area contributed by atoms with E-state index in [1.807, 2.05) is 72.7 Å². The number of aryl methyl sites for hydroxylation is 1. The average molecular weight is 354 g/mol. The van der Waals surface area contributed by atoms with E-state index in [4.69, 9.17) is 0 Å². The Morgan fingerprint density at radius 2 is 1.50 bits per heavy atom. The van der Waals surface area contributed by atoms with Gasteiger partial charge in [0, 0.05) is 6.42 Å². The number of rotatable bonds is 4. The molecule has 3 nitrogen and oxygen atoms in total. The number of amides is 2. The highest BCUT2D eigenvalue weighted by atomic mass is 32.2. The largest absolute Gasteiger partial charge is 0.274 e. The molecule has 1 aliphatic heterocycles. The smallest absolute Gasteiger partial charge is 0.247 e. The average Bonchev–Trinajstić information content (AvgIpc) is 2.93. The molecule has 24 heavy (non-hydrogen) atoms. The van der Waals surface area contributed by atoms with Gasteiger partial charge in [-0.15, -0.1) is 11.8 Å². The van der Waals surface area contributed by atoms with Crippen molar-refractivity contribution in [1.29, 1.82) is 0 Å². The van der Waals surface area contributed by atoms with Crippen molar-refractivity contribution in [2.24, 2.45) is 0 Å². The molecule has 2 amide bonds. The van der Waals surface area contributed by atoms with E-state index in [9.17, 15) is 9.59 Å². The Kier molecular flexibility index (Phi) is 15.9. The van der Waals surface area contributed by atoms with Crippen LogP contribution in [0.25, 0.3) is 0 Å². The van der Waals surface area contributed by atoms with Crippen LogP contribution in [0.15, 0.2) is 24.3 Å². The number of imide groups is 1. The lowest BCUT2D eigenvalue weighted by Crippen LogP contribution is -2.31.